The lowest BCUT2D eigenvalue weighted by Gasteiger charge is -2.21. The van der Waals surface area contributed by atoms with E-state index in [9.17, 15) is 14.4 Å². The van der Waals surface area contributed by atoms with E-state index >= 15 is 0 Å². The zero-order valence-corrected chi connectivity index (χ0v) is 11.0. The van der Waals surface area contributed by atoms with Crippen LogP contribution in [-0.2, 0) is 14.4 Å². The molecular formula is C12H20N2O4. The number of carboxylic acids is 1. The van der Waals surface area contributed by atoms with Crippen LogP contribution in [-0.4, -0.2) is 46.9 Å². The number of hydrogen-bond donors (Lipinski definition) is 2. The number of carbonyl (C=O) groups is 3. The summed E-state index contributed by atoms with van der Waals surface area (Å²) in [6, 6.07) is 0.0269. The molecule has 0 aromatic heterocycles. The van der Waals surface area contributed by atoms with Crippen molar-refractivity contribution >= 4 is 17.8 Å². The highest BCUT2D eigenvalue weighted by molar-refractivity contribution is 5.92. The molecule has 0 radical (unpaired) electrons. The number of carbonyl (C=O) groups excluding carboxylic acids is 2. The largest absolute Gasteiger partial charge is 0.481 e. The van der Waals surface area contributed by atoms with Crippen LogP contribution in [0.5, 0.6) is 0 Å². The second-order valence-electron chi connectivity index (χ2n) is 4.86. The summed E-state index contributed by atoms with van der Waals surface area (Å²) in [5.41, 5.74) is 0. The standard InChI is InChI=1S/C12H20N2O4/c1-4-14(6-10(15)13-7(2)3)11(16)8-5-9(8)12(17)18/h7-9H,4-6H2,1-3H3,(H,13,15)(H,17,18). The van der Waals surface area contributed by atoms with Crippen LogP contribution in [0.25, 0.3) is 0 Å². The van der Waals surface area contributed by atoms with Gasteiger partial charge in [0.1, 0.15) is 0 Å². The van der Waals surface area contributed by atoms with Crippen LogP contribution in [0.1, 0.15) is 27.2 Å². The topological polar surface area (TPSA) is 86.7 Å². The Morgan fingerprint density at radius 2 is 1.94 bits per heavy atom. The van der Waals surface area contributed by atoms with Gasteiger partial charge in [-0.1, -0.05) is 0 Å². The molecule has 18 heavy (non-hydrogen) atoms. The van der Waals surface area contributed by atoms with Crippen molar-refractivity contribution in [1.82, 2.24) is 10.2 Å². The summed E-state index contributed by atoms with van der Waals surface area (Å²) in [6.45, 7) is 5.87. The van der Waals surface area contributed by atoms with E-state index in [0.29, 0.717) is 13.0 Å². The number of nitrogens with zero attached hydrogens (tertiary/aromatic N) is 1. The van der Waals surface area contributed by atoms with Crippen molar-refractivity contribution in [2.24, 2.45) is 11.8 Å². The Bertz CT molecular complexity index is 354. The summed E-state index contributed by atoms with van der Waals surface area (Å²) in [6.07, 6.45) is 0.385. The molecule has 0 heterocycles. The molecule has 2 unspecified atom stereocenters. The molecular weight excluding hydrogens is 236 g/mol. The molecule has 2 amide bonds. The van der Waals surface area contributed by atoms with Crippen LogP contribution in [0.2, 0.25) is 0 Å². The first-order valence-electron chi connectivity index (χ1n) is 6.17. The number of likely N-dealkylation sites (N-methyl/N-ethyl adjacent to an activating group) is 1. The summed E-state index contributed by atoms with van der Waals surface area (Å²) in [4.78, 5) is 35.6. The fraction of sp³-hybridized carbons (Fsp3) is 0.750. The van der Waals surface area contributed by atoms with Gasteiger partial charge < -0.3 is 15.3 Å². The molecule has 0 aromatic carbocycles. The first-order chi connectivity index (χ1) is 8.36. The highest BCUT2D eigenvalue weighted by Crippen LogP contribution is 2.39. The van der Waals surface area contributed by atoms with Crippen molar-refractivity contribution in [2.45, 2.75) is 33.2 Å². The Hall–Kier alpha value is -1.59. The molecule has 2 atom stereocenters. The number of carboxylic acid groups (broad SMARTS) is 1. The Balaban J connectivity index is 2.49. The van der Waals surface area contributed by atoms with Gasteiger partial charge >= 0.3 is 5.97 Å². The third-order valence-corrected chi connectivity index (χ3v) is 2.90. The molecule has 6 nitrogen and oxygen atoms in total. The Labute approximate surface area is 106 Å². The minimum absolute atomic E-state index is 0.00362. The monoisotopic (exact) mass is 256 g/mol. The highest BCUT2D eigenvalue weighted by Gasteiger charge is 2.49. The second kappa shape index (κ2) is 5.84. The van der Waals surface area contributed by atoms with Crippen LogP contribution in [0, 0.1) is 11.8 Å². The number of amides is 2. The predicted octanol–water partition coefficient (Wildman–Crippen LogP) is 0.0802. The van der Waals surface area contributed by atoms with E-state index in [1.807, 2.05) is 13.8 Å². The second-order valence-corrected chi connectivity index (χ2v) is 4.86. The molecule has 2 N–H and O–H groups in total. The van der Waals surface area contributed by atoms with E-state index in [1.165, 1.54) is 4.90 Å². The van der Waals surface area contributed by atoms with E-state index in [1.54, 1.807) is 6.92 Å². The molecule has 1 rings (SSSR count). The first kappa shape index (κ1) is 14.5. The normalized spacial score (nSPS) is 21.6. The van der Waals surface area contributed by atoms with E-state index in [4.69, 9.17) is 5.11 Å². The zero-order valence-electron chi connectivity index (χ0n) is 11.0. The third-order valence-electron chi connectivity index (χ3n) is 2.90. The van der Waals surface area contributed by atoms with Crippen molar-refractivity contribution in [3.05, 3.63) is 0 Å². The molecule has 0 spiro atoms. The van der Waals surface area contributed by atoms with E-state index in [0.717, 1.165) is 0 Å². The van der Waals surface area contributed by atoms with Crippen molar-refractivity contribution in [1.29, 1.82) is 0 Å². The van der Waals surface area contributed by atoms with E-state index in [-0.39, 0.29) is 24.4 Å². The molecule has 1 fully saturated rings. The maximum atomic E-state index is 12.0. The quantitative estimate of drug-likeness (QED) is 0.704. The van der Waals surface area contributed by atoms with Gasteiger partial charge in [-0.15, -0.1) is 0 Å². The first-order valence-corrected chi connectivity index (χ1v) is 6.17. The summed E-state index contributed by atoms with van der Waals surface area (Å²) < 4.78 is 0. The van der Waals surface area contributed by atoms with Gasteiger partial charge in [0.05, 0.1) is 18.4 Å². The molecule has 1 aliphatic carbocycles. The highest BCUT2D eigenvalue weighted by atomic mass is 16.4. The summed E-state index contributed by atoms with van der Waals surface area (Å²) in [5.74, 6) is -2.40. The van der Waals surface area contributed by atoms with Crippen LogP contribution in [0.3, 0.4) is 0 Å². The van der Waals surface area contributed by atoms with Gasteiger partial charge in [-0.2, -0.15) is 0 Å². The smallest absolute Gasteiger partial charge is 0.307 e. The SMILES string of the molecule is CCN(CC(=O)NC(C)C)C(=O)C1CC1C(=O)O. The van der Waals surface area contributed by atoms with Crippen LogP contribution >= 0.6 is 0 Å². The average molecular weight is 256 g/mol. The Morgan fingerprint density at radius 1 is 1.33 bits per heavy atom. The molecule has 0 bridgehead atoms. The van der Waals surface area contributed by atoms with Crippen molar-refractivity contribution in [3.8, 4) is 0 Å². The van der Waals surface area contributed by atoms with Crippen LogP contribution in [0.4, 0.5) is 0 Å². The zero-order chi connectivity index (χ0) is 13.9. The lowest BCUT2D eigenvalue weighted by molar-refractivity contribution is -0.142. The maximum Gasteiger partial charge on any atom is 0.307 e. The molecule has 1 saturated carbocycles. The lowest BCUT2D eigenvalue weighted by atomic mass is 10.2. The van der Waals surface area contributed by atoms with Crippen LogP contribution < -0.4 is 5.32 Å². The van der Waals surface area contributed by atoms with Gasteiger partial charge in [0, 0.05) is 12.6 Å². The molecule has 0 saturated heterocycles. The van der Waals surface area contributed by atoms with Gasteiger partial charge in [-0.25, -0.2) is 0 Å². The van der Waals surface area contributed by atoms with E-state index in [2.05, 4.69) is 5.32 Å². The summed E-state index contributed by atoms with van der Waals surface area (Å²) in [5, 5.41) is 11.5. The van der Waals surface area contributed by atoms with Gasteiger partial charge in [-0.3, -0.25) is 14.4 Å². The van der Waals surface area contributed by atoms with E-state index < -0.39 is 17.8 Å². The fourth-order valence-corrected chi connectivity index (χ4v) is 1.86. The predicted molar refractivity (Wildman–Crippen MR) is 64.8 cm³/mol. The van der Waals surface area contributed by atoms with Crippen molar-refractivity contribution < 1.29 is 19.5 Å². The van der Waals surface area contributed by atoms with Gasteiger partial charge in [-0.05, 0) is 27.2 Å². The summed E-state index contributed by atoms with van der Waals surface area (Å²) >= 11 is 0. The maximum absolute atomic E-state index is 12.0. The Kier molecular flexibility index (Phi) is 4.69. The summed E-state index contributed by atoms with van der Waals surface area (Å²) in [7, 11) is 0. The minimum atomic E-state index is -0.934. The number of rotatable bonds is 6. The van der Waals surface area contributed by atoms with Gasteiger partial charge in [0.2, 0.25) is 11.8 Å². The van der Waals surface area contributed by atoms with Crippen molar-refractivity contribution in [3.63, 3.8) is 0 Å². The molecule has 102 valence electrons. The number of nitrogens with one attached hydrogen (secondary N) is 1. The van der Waals surface area contributed by atoms with Gasteiger partial charge in [0.15, 0.2) is 0 Å². The lowest BCUT2D eigenvalue weighted by Crippen LogP contribution is -2.43. The molecule has 6 heteroatoms. The molecule has 1 aliphatic rings. The fourth-order valence-electron chi connectivity index (χ4n) is 1.86. The Morgan fingerprint density at radius 3 is 2.33 bits per heavy atom. The number of aliphatic carboxylic acids is 1. The van der Waals surface area contributed by atoms with Gasteiger partial charge in [0.25, 0.3) is 0 Å². The molecule has 0 aromatic rings. The molecule has 0 aliphatic heterocycles. The average Bonchev–Trinajstić information content (AvgIpc) is 3.03. The van der Waals surface area contributed by atoms with Crippen LogP contribution in [0.15, 0.2) is 0 Å². The minimum Gasteiger partial charge on any atom is -0.481 e. The third kappa shape index (κ3) is 3.72. The number of hydrogen-bond acceptors (Lipinski definition) is 3. The van der Waals surface area contributed by atoms with Crippen molar-refractivity contribution in [2.75, 3.05) is 13.1 Å².